The lowest BCUT2D eigenvalue weighted by molar-refractivity contribution is -0.0273. The summed E-state index contributed by atoms with van der Waals surface area (Å²) in [6.45, 7) is 32.1. The van der Waals surface area contributed by atoms with E-state index in [1.807, 2.05) is 6.92 Å². The third-order valence-corrected chi connectivity index (χ3v) is 24.3. The van der Waals surface area contributed by atoms with Crippen LogP contribution in [0.5, 0.6) is 0 Å². The molecule has 3 fully saturated rings. The molecule has 0 bridgehead atoms. The molecule has 0 aromatic rings. The first-order valence-corrected chi connectivity index (χ1v) is 21.4. The highest BCUT2D eigenvalue weighted by Crippen LogP contribution is 2.67. The molecule has 0 aliphatic heterocycles. The lowest BCUT2D eigenvalue weighted by Crippen LogP contribution is -2.58. The van der Waals surface area contributed by atoms with Gasteiger partial charge < -0.3 is 15.0 Å². The average molecular weight is 563 g/mol. The van der Waals surface area contributed by atoms with Crippen molar-refractivity contribution in [3.63, 3.8) is 0 Å². The van der Waals surface area contributed by atoms with E-state index in [0.717, 1.165) is 5.54 Å². The average Bonchev–Trinajstić information content (AvgIpc) is 3.09. The van der Waals surface area contributed by atoms with Gasteiger partial charge in [-0.3, -0.25) is 0 Å². The second-order valence-corrected chi connectivity index (χ2v) is 27.7. The molecule has 0 aromatic heterocycles. The largest absolute Gasteiger partial charge is 0.413 e. The lowest BCUT2D eigenvalue weighted by atomic mass is 9.49. The molecule has 4 aliphatic rings. The van der Waals surface area contributed by atoms with Gasteiger partial charge in [-0.1, -0.05) is 91.8 Å². The van der Waals surface area contributed by atoms with Gasteiger partial charge in [-0.15, -0.1) is 0 Å². The molecule has 0 spiro atoms. The maximum absolute atomic E-state index is 10.7. The van der Waals surface area contributed by atoms with Crippen LogP contribution in [0.25, 0.3) is 0 Å². The molecule has 220 valence electrons. The minimum atomic E-state index is -1.94. The van der Waals surface area contributed by atoms with Gasteiger partial charge in [0.15, 0.2) is 8.32 Å². The zero-order chi connectivity index (χ0) is 28.0. The number of fused-ring (bicyclic) bond motifs is 5. The molecule has 38 heavy (non-hydrogen) atoms. The van der Waals surface area contributed by atoms with Crippen LogP contribution in [0.15, 0.2) is 23.3 Å². The van der Waals surface area contributed by atoms with Crippen LogP contribution in [0.2, 0.25) is 41.8 Å². The summed E-state index contributed by atoms with van der Waals surface area (Å²) in [4.78, 5) is 0. The van der Waals surface area contributed by atoms with E-state index in [4.69, 9.17) is 4.43 Å². The monoisotopic (exact) mass is 562 g/mol. The summed E-state index contributed by atoms with van der Waals surface area (Å²) in [5.41, 5.74) is 4.50. The van der Waals surface area contributed by atoms with Crippen LogP contribution in [0, 0.1) is 28.6 Å². The Balaban J connectivity index is 0.00000400. The second kappa shape index (κ2) is 9.96. The van der Waals surface area contributed by atoms with Gasteiger partial charge in [0.25, 0.3) is 0 Å². The van der Waals surface area contributed by atoms with E-state index in [0.29, 0.717) is 28.9 Å². The van der Waals surface area contributed by atoms with E-state index in [1.54, 1.807) is 11.1 Å². The molecule has 4 aliphatic carbocycles. The quantitative estimate of drug-likeness (QED) is 0.348. The second-order valence-electron chi connectivity index (χ2n) is 17.2. The summed E-state index contributed by atoms with van der Waals surface area (Å²) in [6, 6.07) is 0. The number of rotatable bonds is 4. The first-order chi connectivity index (χ1) is 16.7. The minimum Gasteiger partial charge on any atom is -0.413 e. The van der Waals surface area contributed by atoms with Crippen molar-refractivity contribution >= 4 is 16.4 Å². The van der Waals surface area contributed by atoms with Gasteiger partial charge in [0.05, 0.1) is 20.3 Å². The van der Waals surface area contributed by atoms with Gasteiger partial charge in [0.2, 0.25) is 0 Å². The van der Waals surface area contributed by atoms with Crippen LogP contribution < -0.4 is 0 Å². The minimum absolute atomic E-state index is 0. The van der Waals surface area contributed by atoms with Gasteiger partial charge in [0, 0.05) is 5.41 Å². The van der Waals surface area contributed by atoms with E-state index in [1.165, 1.54) is 38.5 Å². The maximum Gasteiger partial charge on any atom is 0.192 e. The highest BCUT2D eigenvalue weighted by atomic mass is 28.4. The summed E-state index contributed by atoms with van der Waals surface area (Å²) < 4.78 is 7.55. The summed E-state index contributed by atoms with van der Waals surface area (Å²) in [5, 5.41) is 11.3. The molecule has 0 saturated heterocycles. The number of hydrogen-bond acceptors (Lipinski definition) is 2. The van der Waals surface area contributed by atoms with Crippen LogP contribution in [0.3, 0.4) is 0 Å². The van der Waals surface area contributed by atoms with E-state index >= 15 is 0 Å². The molecule has 2 unspecified atom stereocenters. The Morgan fingerprint density at radius 2 is 1.53 bits per heavy atom. The molecular weight excluding hydrogens is 501 g/mol. The fraction of sp³-hybridized carbons (Fsp3) is 0.879. The number of aliphatic hydroxyl groups is 1. The topological polar surface area (TPSA) is 61.0 Å². The highest BCUT2D eigenvalue weighted by molar-refractivity contribution is 6.81. The molecule has 0 radical (unpaired) electrons. The molecule has 0 aromatic carbocycles. The summed E-state index contributed by atoms with van der Waals surface area (Å²) in [5.74, 6) is 1.65. The molecule has 0 heterocycles. The van der Waals surface area contributed by atoms with Crippen molar-refractivity contribution in [2.24, 2.45) is 28.6 Å². The fourth-order valence-corrected chi connectivity index (χ4v) is 12.9. The third-order valence-electron chi connectivity index (χ3n) is 13.5. The predicted octanol–water partition coefficient (Wildman–Crippen LogP) is 8.92. The van der Waals surface area contributed by atoms with E-state index in [2.05, 4.69) is 93.7 Å². The molecule has 5 heteroatoms. The van der Waals surface area contributed by atoms with Gasteiger partial charge in [-0.2, -0.15) is 0 Å². The van der Waals surface area contributed by atoms with Crippen LogP contribution in [0.1, 0.15) is 101 Å². The fourth-order valence-electron chi connectivity index (χ4n) is 8.74. The number of aliphatic hydroxyl groups excluding tert-OH is 1. The van der Waals surface area contributed by atoms with Gasteiger partial charge in [-0.25, -0.2) is 0 Å². The zero-order valence-corrected chi connectivity index (χ0v) is 29.2. The standard InChI is InChI=1S/C33H60O2Si2.H2O/c1-22(34)26-16-17-27-25-15-14-23-20-24(36(10,11)30(2,3)4)21-29(35-37(12,13)31(5,6)7)33(23,9)28(25)18-19-32(26,27)8;/h14-15,22,24,26-29,34H,16-21H2,1-13H3;1H2/t22-,24+,26+,27?,28?,29-,32+,33-;/m0./s1. The molecule has 3 saturated carbocycles. The molecule has 4 rings (SSSR count). The Bertz CT molecular complexity index is 950. The van der Waals surface area contributed by atoms with Gasteiger partial charge in [-0.05, 0) is 97.3 Å². The zero-order valence-electron chi connectivity index (χ0n) is 27.2. The van der Waals surface area contributed by atoms with E-state index in [-0.39, 0.29) is 27.4 Å². The van der Waals surface area contributed by atoms with E-state index in [9.17, 15) is 5.11 Å². The molecule has 3 nitrogen and oxygen atoms in total. The molecule has 3 N–H and O–H groups in total. The number of hydrogen-bond donors (Lipinski definition) is 1. The van der Waals surface area contributed by atoms with Crippen molar-refractivity contribution in [2.45, 2.75) is 155 Å². The Hall–Kier alpha value is -0.206. The molecule has 0 amide bonds. The smallest absolute Gasteiger partial charge is 0.192 e. The maximum atomic E-state index is 10.7. The molecular formula is C33H62O3Si2. The Morgan fingerprint density at radius 3 is 2.05 bits per heavy atom. The Kier molecular flexibility index (Phi) is 8.47. The summed E-state index contributed by atoms with van der Waals surface area (Å²) in [7, 11) is -3.47. The van der Waals surface area contributed by atoms with Crippen LogP contribution >= 0.6 is 0 Å². The Morgan fingerprint density at radius 1 is 0.921 bits per heavy atom. The van der Waals surface area contributed by atoms with Crippen molar-refractivity contribution in [3.05, 3.63) is 23.3 Å². The first kappa shape index (κ1) is 32.3. The SMILES string of the molecule is C[C@H](O)[C@H]1CCC2C3=CC=C4C[C@@H]([Si](C)(C)C(C)(C)C)C[C@H](O[Si](C)(C)C(C)(C)C)[C@]4(C)C3CC[C@@]21C.O. The highest BCUT2D eigenvalue weighted by Gasteiger charge is 2.61. The van der Waals surface area contributed by atoms with Gasteiger partial charge in [0.1, 0.15) is 0 Å². The van der Waals surface area contributed by atoms with Crippen molar-refractivity contribution in [1.82, 2.24) is 0 Å². The normalized spacial score (nSPS) is 38.7. The van der Waals surface area contributed by atoms with Crippen LogP contribution in [0.4, 0.5) is 0 Å². The van der Waals surface area contributed by atoms with Crippen LogP contribution in [-0.4, -0.2) is 39.2 Å². The van der Waals surface area contributed by atoms with Crippen molar-refractivity contribution in [3.8, 4) is 0 Å². The lowest BCUT2D eigenvalue weighted by Gasteiger charge is -2.61. The van der Waals surface area contributed by atoms with Crippen molar-refractivity contribution in [2.75, 3.05) is 0 Å². The predicted molar refractivity (Wildman–Crippen MR) is 169 cm³/mol. The summed E-state index contributed by atoms with van der Waals surface area (Å²) >= 11 is 0. The van der Waals surface area contributed by atoms with Crippen molar-refractivity contribution in [1.29, 1.82) is 0 Å². The first-order valence-electron chi connectivity index (χ1n) is 15.4. The number of allylic oxidation sites excluding steroid dienone is 3. The summed E-state index contributed by atoms with van der Waals surface area (Å²) in [6.07, 6.45) is 12.7. The van der Waals surface area contributed by atoms with Crippen molar-refractivity contribution < 1.29 is 15.0 Å². The van der Waals surface area contributed by atoms with E-state index < -0.39 is 16.4 Å². The van der Waals surface area contributed by atoms with Gasteiger partial charge >= 0.3 is 0 Å². The molecule has 8 atom stereocenters. The Labute approximate surface area is 237 Å². The van der Waals surface area contributed by atoms with Crippen LogP contribution in [-0.2, 0) is 4.43 Å². The third kappa shape index (κ3) is 4.82.